The van der Waals surface area contributed by atoms with Gasteiger partial charge in [-0.2, -0.15) is 5.10 Å². The van der Waals surface area contributed by atoms with Crippen LogP contribution in [0.15, 0.2) is 48.7 Å². The lowest BCUT2D eigenvalue weighted by atomic mass is 10.0. The van der Waals surface area contributed by atoms with E-state index in [1.165, 1.54) is 0 Å². The number of nitrogens with two attached hydrogens (primary N) is 1. The van der Waals surface area contributed by atoms with Gasteiger partial charge in [-0.1, -0.05) is 6.07 Å². The van der Waals surface area contributed by atoms with Crippen LogP contribution < -0.4 is 20.5 Å². The van der Waals surface area contributed by atoms with Gasteiger partial charge in [0.25, 0.3) is 5.91 Å². The Kier molecular flexibility index (Phi) is 3.96. The predicted molar refractivity (Wildman–Crippen MR) is 98.4 cm³/mol. The SMILES string of the molecule is Cn1ncc(-c2ccc3c(c2)OCCO3)c1C(=O)Nc1ccc(N)cc1. The Morgan fingerprint density at radius 3 is 2.62 bits per heavy atom. The van der Waals surface area contributed by atoms with E-state index in [4.69, 9.17) is 15.2 Å². The Balaban J connectivity index is 1.67. The molecule has 0 fully saturated rings. The third-order valence-electron chi connectivity index (χ3n) is 4.18. The van der Waals surface area contributed by atoms with E-state index in [-0.39, 0.29) is 5.91 Å². The summed E-state index contributed by atoms with van der Waals surface area (Å²) in [4.78, 5) is 12.8. The minimum absolute atomic E-state index is 0.250. The average Bonchev–Trinajstić information content (AvgIpc) is 3.05. The molecular weight excluding hydrogens is 332 g/mol. The Morgan fingerprint density at radius 2 is 1.85 bits per heavy atom. The van der Waals surface area contributed by atoms with E-state index in [0.29, 0.717) is 41.8 Å². The van der Waals surface area contributed by atoms with E-state index in [0.717, 1.165) is 11.1 Å². The molecule has 0 aliphatic carbocycles. The van der Waals surface area contributed by atoms with Crippen LogP contribution in [0.1, 0.15) is 10.5 Å². The first-order chi connectivity index (χ1) is 12.6. The summed E-state index contributed by atoms with van der Waals surface area (Å²) in [5.74, 6) is 1.12. The summed E-state index contributed by atoms with van der Waals surface area (Å²) >= 11 is 0. The van der Waals surface area contributed by atoms with Crippen molar-refractivity contribution in [1.29, 1.82) is 0 Å². The highest BCUT2D eigenvalue weighted by atomic mass is 16.6. The molecule has 0 bridgehead atoms. The molecule has 0 atom stereocenters. The summed E-state index contributed by atoms with van der Waals surface area (Å²) in [6.45, 7) is 1.04. The number of nitrogens with one attached hydrogen (secondary N) is 1. The van der Waals surface area contributed by atoms with E-state index in [1.807, 2.05) is 18.2 Å². The van der Waals surface area contributed by atoms with E-state index in [9.17, 15) is 4.79 Å². The highest BCUT2D eigenvalue weighted by Crippen LogP contribution is 2.35. The number of hydrogen-bond acceptors (Lipinski definition) is 5. The maximum Gasteiger partial charge on any atom is 0.274 e. The van der Waals surface area contributed by atoms with Gasteiger partial charge in [-0.25, -0.2) is 0 Å². The second-order valence-corrected chi connectivity index (χ2v) is 5.97. The van der Waals surface area contributed by atoms with Crippen molar-refractivity contribution in [2.24, 2.45) is 7.05 Å². The Hall–Kier alpha value is -3.48. The summed E-state index contributed by atoms with van der Waals surface area (Å²) in [6.07, 6.45) is 1.67. The van der Waals surface area contributed by atoms with Gasteiger partial charge in [0.05, 0.1) is 6.20 Å². The number of carbonyl (C=O) groups is 1. The van der Waals surface area contributed by atoms with Crippen molar-refractivity contribution in [1.82, 2.24) is 9.78 Å². The normalized spacial score (nSPS) is 12.7. The van der Waals surface area contributed by atoms with Crippen LogP contribution in [0.2, 0.25) is 0 Å². The van der Waals surface area contributed by atoms with E-state index in [1.54, 1.807) is 42.2 Å². The quantitative estimate of drug-likeness (QED) is 0.709. The van der Waals surface area contributed by atoms with Crippen LogP contribution in [0.3, 0.4) is 0 Å². The van der Waals surface area contributed by atoms with E-state index >= 15 is 0 Å². The van der Waals surface area contributed by atoms with Crippen molar-refractivity contribution in [2.75, 3.05) is 24.3 Å². The van der Waals surface area contributed by atoms with Gasteiger partial charge in [0.1, 0.15) is 18.9 Å². The molecule has 7 heteroatoms. The van der Waals surface area contributed by atoms with E-state index in [2.05, 4.69) is 10.4 Å². The maximum absolute atomic E-state index is 12.8. The monoisotopic (exact) mass is 350 g/mol. The number of aryl methyl sites for hydroxylation is 1. The lowest BCUT2D eigenvalue weighted by Gasteiger charge is -2.19. The van der Waals surface area contributed by atoms with Gasteiger partial charge >= 0.3 is 0 Å². The Bertz CT molecular complexity index is 963. The molecule has 3 aromatic rings. The highest BCUT2D eigenvalue weighted by Gasteiger charge is 2.20. The molecule has 2 heterocycles. The number of carbonyl (C=O) groups excluding carboxylic acids is 1. The van der Waals surface area contributed by atoms with Crippen LogP contribution in [0.25, 0.3) is 11.1 Å². The number of nitrogen functional groups attached to an aromatic ring is 1. The first-order valence-corrected chi connectivity index (χ1v) is 8.21. The van der Waals surface area contributed by atoms with Gasteiger partial charge in [0.2, 0.25) is 0 Å². The van der Waals surface area contributed by atoms with Crippen molar-refractivity contribution < 1.29 is 14.3 Å². The van der Waals surface area contributed by atoms with Gasteiger partial charge < -0.3 is 20.5 Å². The Morgan fingerprint density at radius 1 is 1.12 bits per heavy atom. The zero-order valence-electron chi connectivity index (χ0n) is 14.2. The number of amides is 1. The van der Waals surface area contributed by atoms with Crippen LogP contribution in [0.4, 0.5) is 11.4 Å². The van der Waals surface area contributed by atoms with Crippen LogP contribution in [0, 0.1) is 0 Å². The third kappa shape index (κ3) is 2.95. The van der Waals surface area contributed by atoms with Crippen molar-refractivity contribution in [2.45, 2.75) is 0 Å². The fourth-order valence-corrected chi connectivity index (χ4v) is 2.89. The molecule has 3 N–H and O–H groups in total. The summed E-state index contributed by atoms with van der Waals surface area (Å²) < 4.78 is 12.7. The molecule has 1 aliphatic heterocycles. The fraction of sp³-hybridized carbons (Fsp3) is 0.158. The number of anilines is 2. The number of nitrogens with zero attached hydrogens (tertiary/aromatic N) is 2. The molecule has 1 amide bonds. The van der Waals surface area contributed by atoms with Crippen molar-refractivity contribution in [3.8, 4) is 22.6 Å². The lowest BCUT2D eigenvalue weighted by molar-refractivity contribution is 0.101. The average molecular weight is 350 g/mol. The number of rotatable bonds is 3. The molecule has 132 valence electrons. The summed E-state index contributed by atoms with van der Waals surface area (Å²) in [5, 5.41) is 7.12. The van der Waals surface area contributed by atoms with Gasteiger partial charge in [0.15, 0.2) is 11.5 Å². The molecule has 0 radical (unpaired) electrons. The fourth-order valence-electron chi connectivity index (χ4n) is 2.89. The molecule has 7 nitrogen and oxygen atoms in total. The molecular formula is C19H18N4O3. The molecule has 4 rings (SSSR count). The molecule has 0 spiro atoms. The maximum atomic E-state index is 12.8. The van der Waals surface area contributed by atoms with E-state index < -0.39 is 0 Å². The summed E-state index contributed by atoms with van der Waals surface area (Å²) in [7, 11) is 1.74. The zero-order valence-corrected chi connectivity index (χ0v) is 14.2. The Labute approximate surface area is 150 Å². The topological polar surface area (TPSA) is 91.4 Å². The van der Waals surface area contributed by atoms with Crippen LogP contribution >= 0.6 is 0 Å². The molecule has 0 saturated carbocycles. The second kappa shape index (κ2) is 6.44. The first kappa shape index (κ1) is 16.0. The molecule has 1 aromatic heterocycles. The molecule has 1 aliphatic rings. The minimum Gasteiger partial charge on any atom is -0.486 e. The molecule has 2 aromatic carbocycles. The molecule has 0 saturated heterocycles. The number of aromatic nitrogens is 2. The van der Waals surface area contributed by atoms with Crippen molar-refractivity contribution in [3.05, 3.63) is 54.4 Å². The first-order valence-electron chi connectivity index (χ1n) is 8.21. The van der Waals surface area contributed by atoms with Gasteiger partial charge in [0, 0.05) is 24.0 Å². The molecule has 26 heavy (non-hydrogen) atoms. The number of benzene rings is 2. The predicted octanol–water partition coefficient (Wildman–Crippen LogP) is 2.69. The van der Waals surface area contributed by atoms with Crippen LogP contribution in [-0.2, 0) is 7.05 Å². The smallest absolute Gasteiger partial charge is 0.274 e. The minimum atomic E-state index is -0.250. The van der Waals surface area contributed by atoms with Crippen molar-refractivity contribution in [3.63, 3.8) is 0 Å². The largest absolute Gasteiger partial charge is 0.486 e. The van der Waals surface area contributed by atoms with Crippen LogP contribution in [0.5, 0.6) is 11.5 Å². The standard InChI is InChI=1S/C19H18N4O3/c1-23-18(19(24)22-14-5-3-13(20)4-6-14)15(11-21-23)12-2-7-16-17(10-12)26-9-8-25-16/h2-7,10-11H,8-9,20H2,1H3,(H,22,24). The van der Waals surface area contributed by atoms with Gasteiger partial charge in [-0.05, 0) is 42.0 Å². The summed E-state index contributed by atoms with van der Waals surface area (Å²) in [5.41, 5.74) is 9.00. The third-order valence-corrected chi connectivity index (χ3v) is 4.18. The zero-order chi connectivity index (χ0) is 18.1. The highest BCUT2D eigenvalue weighted by molar-refractivity contribution is 6.07. The van der Waals surface area contributed by atoms with Gasteiger partial charge in [-0.15, -0.1) is 0 Å². The summed E-state index contributed by atoms with van der Waals surface area (Å²) in [6, 6.07) is 12.6. The number of fused-ring (bicyclic) bond motifs is 1. The van der Waals surface area contributed by atoms with Gasteiger partial charge in [-0.3, -0.25) is 9.48 Å². The second-order valence-electron chi connectivity index (χ2n) is 5.97. The van der Waals surface area contributed by atoms with Crippen molar-refractivity contribution >= 4 is 17.3 Å². The lowest BCUT2D eigenvalue weighted by Crippen LogP contribution is -2.17. The molecule has 0 unspecified atom stereocenters. The number of hydrogen-bond donors (Lipinski definition) is 2. The number of ether oxygens (including phenoxy) is 2. The van der Waals surface area contributed by atoms with Crippen LogP contribution in [-0.4, -0.2) is 28.9 Å².